The lowest BCUT2D eigenvalue weighted by atomic mass is 9.83. The maximum absolute atomic E-state index is 14.2. The van der Waals surface area contributed by atoms with E-state index in [1.807, 2.05) is 60.0 Å². The molecule has 264 valence electrons. The minimum absolute atomic E-state index is 0.0532. The first kappa shape index (κ1) is 36.6. The van der Waals surface area contributed by atoms with E-state index in [-0.39, 0.29) is 54.4 Å². The third-order valence-corrected chi connectivity index (χ3v) is 10.5. The van der Waals surface area contributed by atoms with Crippen molar-refractivity contribution in [2.75, 3.05) is 6.54 Å². The van der Waals surface area contributed by atoms with Gasteiger partial charge < -0.3 is 27.4 Å². The fraction of sp³-hybridized carbons (Fsp3) is 0.417. The van der Waals surface area contributed by atoms with Crippen LogP contribution in [0.25, 0.3) is 10.2 Å². The molecular weight excluding hydrogens is 673 g/mol. The molecule has 3 unspecified atom stereocenters. The first-order valence-corrected chi connectivity index (χ1v) is 18.8. The molecule has 0 radical (unpaired) electrons. The third kappa shape index (κ3) is 10.7. The van der Waals surface area contributed by atoms with Crippen molar-refractivity contribution in [3.05, 3.63) is 81.8 Å². The van der Waals surface area contributed by atoms with Crippen LogP contribution < -0.4 is 27.4 Å². The molecule has 0 bridgehead atoms. The zero-order valence-corrected chi connectivity index (χ0v) is 29.5. The van der Waals surface area contributed by atoms with Crippen LogP contribution in [0, 0.1) is 5.92 Å². The number of amides is 3. The Morgan fingerprint density at radius 3 is 2.38 bits per heavy atom. The molecule has 2 heterocycles. The lowest BCUT2D eigenvalue weighted by Crippen LogP contribution is -2.58. The molecule has 0 saturated heterocycles. The number of hydrogen-bond acceptors (Lipinski definition) is 9. The van der Waals surface area contributed by atoms with Crippen molar-refractivity contribution in [3.63, 3.8) is 0 Å². The molecule has 12 nitrogen and oxygen atoms in total. The van der Waals surface area contributed by atoms with Gasteiger partial charge in [0.1, 0.15) is 12.1 Å². The van der Waals surface area contributed by atoms with Gasteiger partial charge in [-0.15, -0.1) is 22.7 Å². The van der Waals surface area contributed by atoms with Crippen molar-refractivity contribution >= 4 is 62.4 Å². The van der Waals surface area contributed by atoms with E-state index in [4.69, 9.17) is 11.5 Å². The number of guanidine groups is 1. The highest BCUT2D eigenvalue weighted by molar-refractivity contribution is 7.20. The van der Waals surface area contributed by atoms with Gasteiger partial charge in [-0.05, 0) is 55.7 Å². The van der Waals surface area contributed by atoms with Crippen LogP contribution in [0.5, 0.6) is 0 Å². The number of para-hydroxylation sites is 1. The molecule has 3 amide bonds. The lowest BCUT2D eigenvalue weighted by molar-refractivity contribution is -0.133. The van der Waals surface area contributed by atoms with Crippen molar-refractivity contribution < 1.29 is 19.2 Å². The highest BCUT2D eigenvalue weighted by Crippen LogP contribution is 2.28. The number of carbonyl (C=O) groups excluding carboxylic acids is 4. The molecule has 1 saturated carbocycles. The Hall–Kier alpha value is -4.69. The summed E-state index contributed by atoms with van der Waals surface area (Å²) >= 11 is 2.67. The summed E-state index contributed by atoms with van der Waals surface area (Å²) in [6.45, 7) is 0.285. The first-order chi connectivity index (χ1) is 24.3. The Balaban J connectivity index is 1.34. The topological polar surface area (TPSA) is 195 Å². The van der Waals surface area contributed by atoms with Crippen LogP contribution in [0.2, 0.25) is 0 Å². The number of benzene rings is 2. The SMILES string of the molecule is NC(N)=NCCCC(NC(=O)C(NC(=O)C(Cc1cscn1)NC(=O)CCc1ccccc1)C1CCCCC1)C(=O)c1nc2ccccc2s1. The van der Waals surface area contributed by atoms with E-state index < -0.39 is 29.9 Å². The van der Waals surface area contributed by atoms with Crippen LogP contribution >= 0.6 is 22.7 Å². The van der Waals surface area contributed by atoms with Crippen LogP contribution in [0.4, 0.5) is 0 Å². The van der Waals surface area contributed by atoms with E-state index in [1.54, 1.807) is 5.51 Å². The molecule has 7 N–H and O–H groups in total. The van der Waals surface area contributed by atoms with E-state index in [0.29, 0.717) is 24.1 Å². The Kier molecular flexibility index (Phi) is 13.4. The largest absolute Gasteiger partial charge is 0.370 e. The minimum atomic E-state index is -0.945. The van der Waals surface area contributed by atoms with Crippen molar-refractivity contribution in [2.24, 2.45) is 22.4 Å². The fourth-order valence-electron chi connectivity index (χ4n) is 6.21. The van der Waals surface area contributed by atoms with E-state index >= 15 is 0 Å². The van der Waals surface area contributed by atoms with Crippen LogP contribution in [-0.4, -0.2) is 64.1 Å². The average molecular weight is 717 g/mol. The van der Waals surface area contributed by atoms with Gasteiger partial charge in [0.2, 0.25) is 23.5 Å². The number of carbonyl (C=O) groups is 4. The number of nitrogens with zero attached hydrogens (tertiary/aromatic N) is 3. The number of hydrogen-bond donors (Lipinski definition) is 5. The molecule has 2 aromatic heterocycles. The number of nitrogens with one attached hydrogen (secondary N) is 3. The molecule has 5 rings (SSSR count). The maximum atomic E-state index is 14.2. The second-order valence-corrected chi connectivity index (χ2v) is 14.3. The molecule has 50 heavy (non-hydrogen) atoms. The highest BCUT2D eigenvalue weighted by Gasteiger charge is 2.36. The highest BCUT2D eigenvalue weighted by atomic mass is 32.1. The van der Waals surface area contributed by atoms with Crippen molar-refractivity contribution in [3.8, 4) is 0 Å². The predicted octanol–water partition coefficient (Wildman–Crippen LogP) is 3.90. The summed E-state index contributed by atoms with van der Waals surface area (Å²) in [5, 5.41) is 11.0. The average Bonchev–Trinajstić information content (AvgIpc) is 3.81. The molecular formula is C36H44N8O4S2. The molecule has 2 aromatic carbocycles. The normalized spacial score (nSPS) is 15.0. The molecule has 14 heteroatoms. The molecule has 1 aliphatic carbocycles. The monoisotopic (exact) mass is 716 g/mol. The summed E-state index contributed by atoms with van der Waals surface area (Å²) in [5.74, 6) is -1.70. The van der Waals surface area contributed by atoms with Gasteiger partial charge in [-0.2, -0.15) is 0 Å². The number of aromatic nitrogens is 2. The number of nitrogens with two attached hydrogens (primary N) is 2. The van der Waals surface area contributed by atoms with Gasteiger partial charge in [-0.3, -0.25) is 24.2 Å². The van der Waals surface area contributed by atoms with Gasteiger partial charge in [0.25, 0.3) is 0 Å². The standard InChI is InChI=1S/C36H44N8O4S2/c37-36(38)39-19-9-15-27(32(46)35-43-26-14-7-8-16-29(26)50-35)42-34(48)31(24-12-5-2-6-13-24)44-33(47)28(20-25-21-49-22-40-25)41-30(45)18-17-23-10-3-1-4-11-23/h1,3-4,7-8,10-11,14,16,21-22,24,27-28,31H,2,5-6,9,12-13,15,17-20H2,(H,41,45)(H,42,48)(H,44,47)(H4,37,38,39). The van der Waals surface area contributed by atoms with E-state index in [2.05, 4.69) is 30.9 Å². The van der Waals surface area contributed by atoms with E-state index in [0.717, 1.165) is 42.4 Å². The van der Waals surface area contributed by atoms with Gasteiger partial charge in [-0.1, -0.05) is 61.7 Å². The smallest absolute Gasteiger partial charge is 0.243 e. The maximum Gasteiger partial charge on any atom is 0.243 e. The van der Waals surface area contributed by atoms with Gasteiger partial charge in [0.05, 0.1) is 27.5 Å². The van der Waals surface area contributed by atoms with Gasteiger partial charge in [0, 0.05) is 24.8 Å². The Labute approximate surface area is 299 Å². The number of thiazole rings is 2. The number of Topliss-reactive ketones (excluding diaryl/α,β-unsaturated/α-hetero) is 1. The molecule has 1 fully saturated rings. The van der Waals surface area contributed by atoms with Crippen molar-refractivity contribution in [1.29, 1.82) is 0 Å². The van der Waals surface area contributed by atoms with Crippen LogP contribution in [0.1, 0.15) is 72.4 Å². The zero-order chi connectivity index (χ0) is 35.3. The van der Waals surface area contributed by atoms with E-state index in [1.165, 1.54) is 22.7 Å². The van der Waals surface area contributed by atoms with Crippen molar-refractivity contribution in [1.82, 2.24) is 25.9 Å². The number of fused-ring (bicyclic) bond motifs is 1. The predicted molar refractivity (Wildman–Crippen MR) is 197 cm³/mol. The number of aryl methyl sites for hydroxylation is 1. The first-order valence-electron chi connectivity index (χ1n) is 17.0. The van der Waals surface area contributed by atoms with Gasteiger partial charge >= 0.3 is 0 Å². The van der Waals surface area contributed by atoms with Crippen LogP contribution in [0.15, 0.2) is 70.5 Å². The number of ketones is 1. The second kappa shape index (κ2) is 18.3. The minimum Gasteiger partial charge on any atom is -0.370 e. The van der Waals surface area contributed by atoms with E-state index in [9.17, 15) is 19.2 Å². The quantitative estimate of drug-likeness (QED) is 0.0470. The lowest BCUT2D eigenvalue weighted by Gasteiger charge is -2.32. The summed E-state index contributed by atoms with van der Waals surface area (Å²) in [6.07, 6.45) is 6.01. The van der Waals surface area contributed by atoms with Gasteiger partial charge in [-0.25, -0.2) is 9.97 Å². The third-order valence-electron chi connectivity index (χ3n) is 8.82. The molecule has 3 atom stereocenters. The Morgan fingerprint density at radius 1 is 0.900 bits per heavy atom. The molecule has 0 aliphatic heterocycles. The van der Waals surface area contributed by atoms with Crippen molar-refractivity contribution in [2.45, 2.75) is 82.3 Å². The number of aliphatic imine (C=N–C) groups is 1. The number of rotatable bonds is 17. The van der Waals surface area contributed by atoms with Crippen LogP contribution in [0.3, 0.4) is 0 Å². The summed E-state index contributed by atoms with van der Waals surface area (Å²) in [7, 11) is 0. The Bertz CT molecular complexity index is 1720. The Morgan fingerprint density at radius 2 is 1.66 bits per heavy atom. The molecule has 0 spiro atoms. The fourth-order valence-corrected chi connectivity index (χ4v) is 7.74. The molecule has 1 aliphatic rings. The van der Waals surface area contributed by atoms with Crippen LogP contribution in [-0.2, 0) is 27.2 Å². The van der Waals surface area contributed by atoms with Gasteiger partial charge in [0.15, 0.2) is 11.0 Å². The summed E-state index contributed by atoms with van der Waals surface area (Å²) in [6, 6.07) is 14.4. The summed E-state index contributed by atoms with van der Waals surface area (Å²) in [4.78, 5) is 68.1. The second-order valence-electron chi connectivity index (χ2n) is 12.5. The summed E-state index contributed by atoms with van der Waals surface area (Å²) in [5.41, 5.74) is 15.1. The summed E-state index contributed by atoms with van der Waals surface area (Å²) < 4.78 is 0.866. The zero-order valence-electron chi connectivity index (χ0n) is 27.9. The molecule has 4 aromatic rings.